The molecule has 0 aliphatic carbocycles. The van der Waals surface area contributed by atoms with Gasteiger partial charge in [-0.25, -0.2) is 0 Å². The van der Waals surface area contributed by atoms with E-state index in [9.17, 15) is 0 Å². The molecule has 1 aromatic rings. The maximum absolute atomic E-state index is 6.06. The number of halogens is 1. The molecule has 1 heterocycles. The van der Waals surface area contributed by atoms with Gasteiger partial charge in [-0.05, 0) is 50.6 Å². The van der Waals surface area contributed by atoms with Crippen molar-refractivity contribution in [2.45, 2.75) is 32.6 Å². The molecule has 1 saturated heterocycles. The van der Waals surface area contributed by atoms with Gasteiger partial charge in [-0.2, -0.15) is 0 Å². The number of hydrogen-bond acceptors (Lipinski definition) is 3. The number of nitrogens with one attached hydrogen (secondary N) is 1. The van der Waals surface area contributed by atoms with E-state index < -0.39 is 0 Å². The molecule has 0 atom stereocenters. The number of nitrogens with zero attached hydrogens (tertiary/aromatic N) is 1. The van der Waals surface area contributed by atoms with Gasteiger partial charge in [0.05, 0.1) is 10.7 Å². The van der Waals surface area contributed by atoms with E-state index in [0.717, 1.165) is 24.3 Å². The molecule has 0 saturated carbocycles. The van der Waals surface area contributed by atoms with E-state index in [1.165, 1.54) is 38.8 Å². The van der Waals surface area contributed by atoms with Crippen molar-refractivity contribution < 1.29 is 0 Å². The molecule has 1 aliphatic heterocycles. The Balaban J connectivity index is 1.83. The third-order valence-corrected chi connectivity index (χ3v) is 4.11. The number of anilines is 2. The minimum Gasteiger partial charge on any atom is -0.398 e. The molecular formula is C15H24ClN3. The predicted molar refractivity (Wildman–Crippen MR) is 84.0 cm³/mol. The average Bonchev–Trinajstić information content (AvgIpc) is 2.64. The fourth-order valence-electron chi connectivity index (χ4n) is 2.60. The molecule has 0 bridgehead atoms. The fraction of sp³-hybridized carbons (Fsp3) is 0.600. The molecule has 0 spiro atoms. The number of aryl methyl sites for hydroxylation is 1. The van der Waals surface area contributed by atoms with Crippen molar-refractivity contribution in [2.24, 2.45) is 0 Å². The first kappa shape index (κ1) is 14.5. The monoisotopic (exact) mass is 281 g/mol. The molecule has 3 N–H and O–H groups in total. The van der Waals surface area contributed by atoms with Crippen LogP contribution >= 0.6 is 11.6 Å². The average molecular weight is 282 g/mol. The molecule has 106 valence electrons. The number of benzene rings is 1. The molecule has 3 nitrogen and oxygen atoms in total. The summed E-state index contributed by atoms with van der Waals surface area (Å²) < 4.78 is 0. The quantitative estimate of drug-likeness (QED) is 0.830. The lowest BCUT2D eigenvalue weighted by Gasteiger charge is -2.20. The number of hydrogen-bond donors (Lipinski definition) is 2. The Labute approximate surface area is 121 Å². The summed E-state index contributed by atoms with van der Waals surface area (Å²) in [7, 11) is 0. The van der Waals surface area contributed by atoms with Gasteiger partial charge in [0, 0.05) is 18.8 Å². The Hall–Kier alpha value is -0.930. The van der Waals surface area contributed by atoms with Gasteiger partial charge in [-0.3, -0.25) is 0 Å². The highest BCUT2D eigenvalue weighted by Gasteiger charge is 2.09. The van der Waals surface area contributed by atoms with Crippen LogP contribution in [0.2, 0.25) is 5.02 Å². The van der Waals surface area contributed by atoms with Gasteiger partial charge in [0.2, 0.25) is 0 Å². The lowest BCUT2D eigenvalue weighted by Crippen LogP contribution is -2.30. The Morgan fingerprint density at radius 3 is 2.58 bits per heavy atom. The second-order valence-corrected chi connectivity index (χ2v) is 5.78. The summed E-state index contributed by atoms with van der Waals surface area (Å²) in [6.07, 6.45) is 5.45. The summed E-state index contributed by atoms with van der Waals surface area (Å²) in [6, 6.07) is 3.85. The van der Waals surface area contributed by atoms with Crippen LogP contribution in [0.1, 0.15) is 31.2 Å². The second kappa shape index (κ2) is 7.01. The zero-order valence-electron chi connectivity index (χ0n) is 11.7. The summed E-state index contributed by atoms with van der Waals surface area (Å²) in [4.78, 5) is 2.55. The first-order chi connectivity index (χ1) is 9.16. The Morgan fingerprint density at radius 2 is 1.89 bits per heavy atom. The van der Waals surface area contributed by atoms with Gasteiger partial charge >= 0.3 is 0 Å². The van der Waals surface area contributed by atoms with Crippen LogP contribution in [0, 0.1) is 6.92 Å². The van der Waals surface area contributed by atoms with Crippen LogP contribution in [-0.2, 0) is 0 Å². The molecule has 19 heavy (non-hydrogen) atoms. The number of nitrogens with two attached hydrogens (primary N) is 1. The molecule has 4 heteroatoms. The molecule has 2 rings (SSSR count). The highest BCUT2D eigenvalue weighted by atomic mass is 35.5. The van der Waals surface area contributed by atoms with E-state index in [2.05, 4.69) is 17.1 Å². The largest absolute Gasteiger partial charge is 0.398 e. The van der Waals surface area contributed by atoms with E-state index >= 15 is 0 Å². The second-order valence-electron chi connectivity index (χ2n) is 5.37. The Kier molecular flexibility index (Phi) is 5.34. The first-order valence-electron chi connectivity index (χ1n) is 7.18. The van der Waals surface area contributed by atoms with Gasteiger partial charge in [-0.15, -0.1) is 0 Å². The molecule has 0 radical (unpaired) electrons. The molecule has 0 amide bonds. The van der Waals surface area contributed by atoms with Gasteiger partial charge in [0.1, 0.15) is 0 Å². The van der Waals surface area contributed by atoms with Crippen LogP contribution in [0.4, 0.5) is 11.4 Å². The standard InChI is InChI=1S/C15H24ClN3/c1-12-10-14(17)13(16)11-15(12)18-6-9-19-7-4-2-3-5-8-19/h10-11,18H,2-9,17H2,1H3. The third-order valence-electron chi connectivity index (χ3n) is 3.79. The van der Waals surface area contributed by atoms with Crippen molar-refractivity contribution in [3.63, 3.8) is 0 Å². The number of likely N-dealkylation sites (tertiary alicyclic amines) is 1. The summed E-state index contributed by atoms with van der Waals surface area (Å²) >= 11 is 6.06. The molecule has 0 unspecified atom stereocenters. The maximum atomic E-state index is 6.06. The molecule has 1 aliphatic rings. The van der Waals surface area contributed by atoms with Gasteiger partial charge in [-0.1, -0.05) is 24.4 Å². The topological polar surface area (TPSA) is 41.3 Å². The minimum atomic E-state index is 0.628. The van der Waals surface area contributed by atoms with Crippen LogP contribution in [0.5, 0.6) is 0 Å². The summed E-state index contributed by atoms with van der Waals surface area (Å²) in [6.45, 7) is 6.59. The van der Waals surface area contributed by atoms with Crippen molar-refractivity contribution in [1.82, 2.24) is 4.90 Å². The van der Waals surface area contributed by atoms with Crippen molar-refractivity contribution in [3.05, 3.63) is 22.7 Å². The number of rotatable bonds is 4. The lowest BCUT2D eigenvalue weighted by atomic mass is 10.2. The van der Waals surface area contributed by atoms with Crippen LogP contribution in [0.25, 0.3) is 0 Å². The Morgan fingerprint density at radius 1 is 1.21 bits per heavy atom. The van der Waals surface area contributed by atoms with Crippen molar-refractivity contribution in [1.29, 1.82) is 0 Å². The molecule has 1 aromatic carbocycles. The van der Waals surface area contributed by atoms with Crippen molar-refractivity contribution in [3.8, 4) is 0 Å². The van der Waals surface area contributed by atoms with Gasteiger partial charge in [0.15, 0.2) is 0 Å². The first-order valence-corrected chi connectivity index (χ1v) is 7.56. The molecule has 0 aromatic heterocycles. The Bertz CT molecular complexity index is 412. The lowest BCUT2D eigenvalue weighted by molar-refractivity contribution is 0.296. The normalized spacial score (nSPS) is 17.2. The van der Waals surface area contributed by atoms with Crippen molar-refractivity contribution >= 4 is 23.0 Å². The van der Waals surface area contributed by atoms with Crippen LogP contribution in [0.15, 0.2) is 12.1 Å². The third kappa shape index (κ3) is 4.29. The summed E-state index contributed by atoms with van der Waals surface area (Å²) in [5, 5.41) is 4.09. The number of nitrogen functional groups attached to an aromatic ring is 1. The van der Waals surface area contributed by atoms with E-state index in [1.54, 1.807) is 0 Å². The van der Waals surface area contributed by atoms with E-state index in [-0.39, 0.29) is 0 Å². The fourth-order valence-corrected chi connectivity index (χ4v) is 2.77. The van der Waals surface area contributed by atoms with Gasteiger partial charge in [0.25, 0.3) is 0 Å². The summed E-state index contributed by atoms with van der Waals surface area (Å²) in [5.41, 5.74) is 8.68. The smallest absolute Gasteiger partial charge is 0.0656 e. The van der Waals surface area contributed by atoms with Crippen LogP contribution in [0.3, 0.4) is 0 Å². The van der Waals surface area contributed by atoms with Crippen LogP contribution < -0.4 is 11.1 Å². The summed E-state index contributed by atoms with van der Waals surface area (Å²) in [5.74, 6) is 0. The molecule has 1 fully saturated rings. The minimum absolute atomic E-state index is 0.628. The van der Waals surface area contributed by atoms with E-state index in [0.29, 0.717) is 10.7 Å². The van der Waals surface area contributed by atoms with Crippen LogP contribution in [-0.4, -0.2) is 31.1 Å². The highest BCUT2D eigenvalue weighted by Crippen LogP contribution is 2.26. The maximum Gasteiger partial charge on any atom is 0.0656 e. The SMILES string of the molecule is Cc1cc(N)c(Cl)cc1NCCN1CCCCCC1. The zero-order valence-corrected chi connectivity index (χ0v) is 12.5. The van der Waals surface area contributed by atoms with Gasteiger partial charge < -0.3 is 16.0 Å². The van der Waals surface area contributed by atoms with Crippen molar-refractivity contribution in [2.75, 3.05) is 37.2 Å². The predicted octanol–water partition coefficient (Wildman–Crippen LogP) is 3.52. The van der Waals surface area contributed by atoms with E-state index in [4.69, 9.17) is 17.3 Å². The zero-order chi connectivity index (χ0) is 13.7. The highest BCUT2D eigenvalue weighted by molar-refractivity contribution is 6.33. The molecular weight excluding hydrogens is 258 g/mol. The van der Waals surface area contributed by atoms with E-state index in [1.807, 2.05) is 12.1 Å².